The Morgan fingerprint density at radius 2 is 1.70 bits per heavy atom. The van der Waals surface area contributed by atoms with E-state index in [4.69, 9.17) is 5.21 Å². The number of oxime groups is 1. The molecule has 0 radical (unpaired) electrons. The van der Waals surface area contributed by atoms with Crippen LogP contribution in [0, 0.1) is 13.8 Å². The number of aromatic nitrogens is 1. The molecular formula is C17H22N2O. The van der Waals surface area contributed by atoms with Crippen molar-refractivity contribution in [3.8, 4) is 5.69 Å². The van der Waals surface area contributed by atoms with E-state index < -0.39 is 0 Å². The lowest BCUT2D eigenvalue weighted by molar-refractivity contribution is 0.322. The van der Waals surface area contributed by atoms with Crippen molar-refractivity contribution in [2.45, 2.75) is 40.0 Å². The number of rotatable bonds is 2. The zero-order valence-electron chi connectivity index (χ0n) is 12.8. The SMILES string of the molecule is Cc1cc(C=NO)c(C)n1-c1ccc(C(C)(C)C)cc1. The van der Waals surface area contributed by atoms with Crippen LogP contribution >= 0.6 is 0 Å². The Labute approximate surface area is 120 Å². The smallest absolute Gasteiger partial charge is 0.0752 e. The topological polar surface area (TPSA) is 37.5 Å². The van der Waals surface area contributed by atoms with E-state index >= 15 is 0 Å². The standard InChI is InChI=1S/C17H22N2O/c1-12-10-14(11-18-20)13(2)19(12)16-8-6-15(7-9-16)17(3,4)5/h6-11,20H,1-5H3. The zero-order chi connectivity index (χ0) is 14.9. The van der Waals surface area contributed by atoms with Gasteiger partial charge in [-0.2, -0.15) is 0 Å². The number of hydrogen-bond acceptors (Lipinski definition) is 2. The summed E-state index contributed by atoms with van der Waals surface area (Å²) in [6.45, 7) is 10.7. The monoisotopic (exact) mass is 270 g/mol. The van der Waals surface area contributed by atoms with Gasteiger partial charge in [-0.3, -0.25) is 0 Å². The molecule has 3 nitrogen and oxygen atoms in total. The van der Waals surface area contributed by atoms with Gasteiger partial charge in [0.25, 0.3) is 0 Å². The van der Waals surface area contributed by atoms with Gasteiger partial charge in [-0.15, -0.1) is 0 Å². The molecule has 2 rings (SSSR count). The maximum absolute atomic E-state index is 8.70. The van der Waals surface area contributed by atoms with Crippen molar-refractivity contribution in [1.82, 2.24) is 4.57 Å². The van der Waals surface area contributed by atoms with Crippen molar-refractivity contribution in [2.24, 2.45) is 5.16 Å². The normalized spacial score (nSPS) is 12.2. The summed E-state index contributed by atoms with van der Waals surface area (Å²) in [5.41, 5.74) is 5.75. The van der Waals surface area contributed by atoms with Gasteiger partial charge in [0.05, 0.1) is 6.21 Å². The second-order valence-corrected chi connectivity index (χ2v) is 6.20. The van der Waals surface area contributed by atoms with E-state index in [9.17, 15) is 0 Å². The van der Waals surface area contributed by atoms with Crippen LogP contribution in [0.2, 0.25) is 0 Å². The van der Waals surface area contributed by atoms with E-state index in [-0.39, 0.29) is 5.41 Å². The molecule has 1 aromatic carbocycles. The Bertz CT molecular complexity index is 628. The van der Waals surface area contributed by atoms with Gasteiger partial charge in [-0.1, -0.05) is 38.1 Å². The molecule has 2 aromatic rings. The minimum atomic E-state index is 0.161. The molecule has 1 N–H and O–H groups in total. The molecule has 106 valence electrons. The molecule has 0 aliphatic heterocycles. The summed E-state index contributed by atoms with van der Waals surface area (Å²) >= 11 is 0. The van der Waals surface area contributed by atoms with Gasteiger partial charge in [0.2, 0.25) is 0 Å². The summed E-state index contributed by atoms with van der Waals surface area (Å²) in [6.07, 6.45) is 1.47. The maximum Gasteiger partial charge on any atom is 0.0752 e. The summed E-state index contributed by atoms with van der Waals surface area (Å²) in [5.74, 6) is 0. The molecule has 0 fully saturated rings. The van der Waals surface area contributed by atoms with Crippen LogP contribution in [-0.4, -0.2) is 16.0 Å². The Hall–Kier alpha value is -2.03. The highest BCUT2D eigenvalue weighted by Crippen LogP contribution is 2.25. The highest BCUT2D eigenvalue weighted by Gasteiger charge is 2.14. The molecule has 0 atom stereocenters. The first kappa shape index (κ1) is 14.4. The van der Waals surface area contributed by atoms with Crippen molar-refractivity contribution in [3.05, 3.63) is 52.8 Å². The number of nitrogens with zero attached hydrogens (tertiary/aromatic N) is 2. The van der Waals surface area contributed by atoms with Crippen molar-refractivity contribution < 1.29 is 5.21 Å². The second-order valence-electron chi connectivity index (χ2n) is 6.20. The van der Waals surface area contributed by atoms with Crippen LogP contribution in [0.4, 0.5) is 0 Å². The van der Waals surface area contributed by atoms with Crippen LogP contribution in [-0.2, 0) is 5.41 Å². The van der Waals surface area contributed by atoms with Crippen molar-refractivity contribution in [3.63, 3.8) is 0 Å². The molecule has 0 spiro atoms. The Balaban J connectivity index is 2.47. The molecular weight excluding hydrogens is 248 g/mol. The van der Waals surface area contributed by atoms with Crippen LogP contribution in [0.5, 0.6) is 0 Å². The fourth-order valence-electron chi connectivity index (χ4n) is 2.49. The van der Waals surface area contributed by atoms with E-state index in [1.54, 1.807) is 0 Å². The molecule has 0 amide bonds. The highest BCUT2D eigenvalue weighted by molar-refractivity contribution is 5.81. The van der Waals surface area contributed by atoms with E-state index in [2.05, 4.69) is 61.7 Å². The number of hydrogen-bond donors (Lipinski definition) is 1. The zero-order valence-corrected chi connectivity index (χ0v) is 12.8. The van der Waals surface area contributed by atoms with Gasteiger partial charge in [0.15, 0.2) is 0 Å². The Kier molecular flexibility index (Phi) is 3.71. The van der Waals surface area contributed by atoms with Gasteiger partial charge in [-0.25, -0.2) is 0 Å². The minimum Gasteiger partial charge on any atom is -0.411 e. The lowest BCUT2D eigenvalue weighted by Crippen LogP contribution is -2.11. The predicted octanol–water partition coefficient (Wildman–Crippen LogP) is 4.20. The summed E-state index contributed by atoms with van der Waals surface area (Å²) in [6, 6.07) is 10.6. The summed E-state index contributed by atoms with van der Waals surface area (Å²) in [4.78, 5) is 0. The molecule has 0 saturated carbocycles. The lowest BCUT2D eigenvalue weighted by Gasteiger charge is -2.19. The van der Waals surface area contributed by atoms with Crippen LogP contribution in [0.25, 0.3) is 5.69 Å². The van der Waals surface area contributed by atoms with E-state index in [0.29, 0.717) is 0 Å². The third-order valence-electron chi connectivity index (χ3n) is 3.66. The fraction of sp³-hybridized carbons (Fsp3) is 0.353. The van der Waals surface area contributed by atoms with Crippen molar-refractivity contribution in [1.29, 1.82) is 0 Å². The molecule has 0 aliphatic rings. The summed E-state index contributed by atoms with van der Waals surface area (Å²) in [7, 11) is 0. The Morgan fingerprint density at radius 3 is 2.20 bits per heavy atom. The van der Waals surface area contributed by atoms with E-state index in [1.807, 2.05) is 13.0 Å². The quantitative estimate of drug-likeness (QED) is 0.495. The van der Waals surface area contributed by atoms with Gasteiger partial charge in [0, 0.05) is 22.6 Å². The molecule has 3 heteroatoms. The molecule has 0 unspecified atom stereocenters. The first-order valence-corrected chi connectivity index (χ1v) is 6.82. The van der Waals surface area contributed by atoms with Crippen LogP contribution in [0.15, 0.2) is 35.5 Å². The molecule has 0 aliphatic carbocycles. The van der Waals surface area contributed by atoms with Gasteiger partial charge >= 0.3 is 0 Å². The van der Waals surface area contributed by atoms with E-state index in [0.717, 1.165) is 22.6 Å². The third-order valence-corrected chi connectivity index (χ3v) is 3.66. The van der Waals surface area contributed by atoms with Gasteiger partial charge < -0.3 is 9.77 Å². The van der Waals surface area contributed by atoms with Gasteiger partial charge in [-0.05, 0) is 43.0 Å². The largest absolute Gasteiger partial charge is 0.411 e. The van der Waals surface area contributed by atoms with Crippen molar-refractivity contribution >= 4 is 6.21 Å². The maximum atomic E-state index is 8.70. The average Bonchev–Trinajstić information content (AvgIpc) is 2.64. The Morgan fingerprint density at radius 1 is 1.10 bits per heavy atom. The molecule has 20 heavy (non-hydrogen) atoms. The number of aryl methyl sites for hydroxylation is 1. The predicted molar refractivity (Wildman–Crippen MR) is 83.3 cm³/mol. The number of benzene rings is 1. The van der Waals surface area contributed by atoms with Crippen LogP contribution in [0.1, 0.15) is 43.3 Å². The fourth-order valence-corrected chi connectivity index (χ4v) is 2.49. The van der Waals surface area contributed by atoms with Crippen LogP contribution in [0.3, 0.4) is 0 Å². The van der Waals surface area contributed by atoms with Gasteiger partial charge in [0.1, 0.15) is 0 Å². The van der Waals surface area contributed by atoms with Crippen LogP contribution < -0.4 is 0 Å². The second kappa shape index (κ2) is 5.16. The minimum absolute atomic E-state index is 0.161. The molecule has 1 aromatic heterocycles. The molecule has 1 heterocycles. The first-order valence-electron chi connectivity index (χ1n) is 6.82. The molecule has 0 saturated heterocycles. The van der Waals surface area contributed by atoms with E-state index in [1.165, 1.54) is 11.8 Å². The molecule has 0 bridgehead atoms. The average molecular weight is 270 g/mol. The third kappa shape index (κ3) is 2.62. The highest BCUT2D eigenvalue weighted by atomic mass is 16.4. The lowest BCUT2D eigenvalue weighted by atomic mass is 9.87. The summed E-state index contributed by atoms with van der Waals surface area (Å²) < 4.78 is 2.17. The first-order chi connectivity index (χ1) is 9.34. The summed E-state index contributed by atoms with van der Waals surface area (Å²) in [5, 5.41) is 11.8. The van der Waals surface area contributed by atoms with Crippen molar-refractivity contribution in [2.75, 3.05) is 0 Å².